The van der Waals surface area contributed by atoms with Crippen LogP contribution in [0.4, 0.5) is 0 Å². The summed E-state index contributed by atoms with van der Waals surface area (Å²) in [5.74, 6) is 0. The second-order valence-corrected chi connectivity index (χ2v) is 3.12. The molecule has 1 rings (SSSR count). The van der Waals surface area contributed by atoms with E-state index < -0.39 is 0 Å². The van der Waals surface area contributed by atoms with Gasteiger partial charge in [0.15, 0.2) is 0 Å². The predicted molar refractivity (Wildman–Crippen MR) is 53.1 cm³/mol. The van der Waals surface area contributed by atoms with Crippen LogP contribution < -0.4 is 0 Å². The number of benzene rings is 1. The maximum absolute atomic E-state index is 8.65. The standard InChI is InChI=1S/C10H7BrN2/c11-6-10-5-8(7-13)1-2-9(10)3-4-12/h1-2,5H,3,6H2. The minimum absolute atomic E-state index is 0.395. The first kappa shape index (κ1) is 9.77. The van der Waals surface area contributed by atoms with Crippen molar-refractivity contribution in [2.75, 3.05) is 0 Å². The highest BCUT2D eigenvalue weighted by Gasteiger charge is 2.01. The van der Waals surface area contributed by atoms with Crippen LogP contribution in [0.3, 0.4) is 0 Å². The Kier molecular flexibility index (Phi) is 3.49. The molecular weight excluding hydrogens is 228 g/mol. The molecule has 0 radical (unpaired) electrons. The van der Waals surface area contributed by atoms with Crippen LogP contribution >= 0.6 is 15.9 Å². The molecule has 0 saturated carbocycles. The lowest BCUT2D eigenvalue weighted by Gasteiger charge is -2.02. The molecule has 2 nitrogen and oxygen atoms in total. The number of nitrogens with zero attached hydrogens (tertiary/aromatic N) is 2. The van der Waals surface area contributed by atoms with E-state index in [-0.39, 0.29) is 0 Å². The van der Waals surface area contributed by atoms with Crippen molar-refractivity contribution in [1.29, 1.82) is 10.5 Å². The van der Waals surface area contributed by atoms with Gasteiger partial charge in [-0.2, -0.15) is 10.5 Å². The van der Waals surface area contributed by atoms with Crippen molar-refractivity contribution in [2.24, 2.45) is 0 Å². The Morgan fingerprint density at radius 1 is 1.23 bits per heavy atom. The van der Waals surface area contributed by atoms with Crippen molar-refractivity contribution in [2.45, 2.75) is 11.8 Å². The van der Waals surface area contributed by atoms with E-state index in [4.69, 9.17) is 10.5 Å². The van der Waals surface area contributed by atoms with Crippen molar-refractivity contribution in [3.8, 4) is 12.1 Å². The maximum Gasteiger partial charge on any atom is 0.0991 e. The molecule has 1 aromatic rings. The summed E-state index contributed by atoms with van der Waals surface area (Å²) in [5.41, 5.74) is 2.63. The predicted octanol–water partition coefficient (Wildman–Crippen LogP) is 2.52. The number of alkyl halides is 1. The largest absolute Gasteiger partial charge is 0.198 e. The third kappa shape index (κ3) is 2.31. The quantitative estimate of drug-likeness (QED) is 0.739. The number of hydrogen-bond donors (Lipinski definition) is 0. The summed E-state index contributed by atoms with van der Waals surface area (Å²) in [7, 11) is 0. The highest BCUT2D eigenvalue weighted by atomic mass is 79.9. The third-order valence-corrected chi connectivity index (χ3v) is 2.35. The van der Waals surface area contributed by atoms with Gasteiger partial charge in [0, 0.05) is 5.33 Å². The fourth-order valence-corrected chi connectivity index (χ4v) is 1.60. The lowest BCUT2D eigenvalue weighted by molar-refractivity contribution is 1.20. The van der Waals surface area contributed by atoms with Gasteiger partial charge in [-0.3, -0.25) is 0 Å². The van der Waals surface area contributed by atoms with E-state index in [1.165, 1.54) is 0 Å². The lowest BCUT2D eigenvalue weighted by atomic mass is 10.0. The van der Waals surface area contributed by atoms with Crippen molar-refractivity contribution >= 4 is 15.9 Å². The van der Waals surface area contributed by atoms with E-state index in [1.54, 1.807) is 12.1 Å². The maximum atomic E-state index is 8.65. The minimum Gasteiger partial charge on any atom is -0.198 e. The van der Waals surface area contributed by atoms with Crippen LogP contribution in [-0.4, -0.2) is 0 Å². The third-order valence-electron chi connectivity index (χ3n) is 1.75. The number of rotatable bonds is 2. The number of nitriles is 2. The van der Waals surface area contributed by atoms with Gasteiger partial charge in [0.1, 0.15) is 0 Å². The molecule has 0 amide bonds. The fraction of sp³-hybridized carbons (Fsp3) is 0.200. The van der Waals surface area contributed by atoms with Gasteiger partial charge in [0.25, 0.3) is 0 Å². The van der Waals surface area contributed by atoms with Crippen molar-refractivity contribution < 1.29 is 0 Å². The molecule has 1 aromatic carbocycles. The Hall–Kier alpha value is -1.32. The smallest absolute Gasteiger partial charge is 0.0991 e. The molecule has 3 heteroatoms. The van der Waals surface area contributed by atoms with Crippen molar-refractivity contribution in [1.82, 2.24) is 0 Å². The molecule has 0 fully saturated rings. The van der Waals surface area contributed by atoms with Crippen molar-refractivity contribution in [3.05, 3.63) is 34.9 Å². The van der Waals surface area contributed by atoms with E-state index in [0.717, 1.165) is 11.1 Å². The molecule has 13 heavy (non-hydrogen) atoms. The fourth-order valence-electron chi connectivity index (χ4n) is 1.08. The summed E-state index contributed by atoms with van der Waals surface area (Å²) in [6.07, 6.45) is 0.395. The van der Waals surface area contributed by atoms with Gasteiger partial charge in [-0.25, -0.2) is 0 Å². The summed E-state index contributed by atoms with van der Waals surface area (Å²) in [5, 5.41) is 17.9. The van der Waals surface area contributed by atoms with Crippen LogP contribution in [0.15, 0.2) is 18.2 Å². The highest BCUT2D eigenvalue weighted by Crippen LogP contribution is 2.15. The second kappa shape index (κ2) is 4.64. The van der Waals surface area contributed by atoms with Crippen LogP contribution in [-0.2, 0) is 11.8 Å². The van der Waals surface area contributed by atoms with Gasteiger partial charge >= 0.3 is 0 Å². The van der Waals surface area contributed by atoms with Crippen molar-refractivity contribution in [3.63, 3.8) is 0 Å². The zero-order valence-electron chi connectivity index (χ0n) is 6.92. The summed E-state index contributed by atoms with van der Waals surface area (Å²) in [6.45, 7) is 0. The Bertz CT molecular complexity index is 385. The van der Waals surface area contributed by atoms with Crippen LogP contribution in [0, 0.1) is 22.7 Å². The first-order valence-electron chi connectivity index (χ1n) is 3.76. The molecule has 0 heterocycles. The van der Waals surface area contributed by atoms with Gasteiger partial charge in [-0.1, -0.05) is 22.0 Å². The number of hydrogen-bond acceptors (Lipinski definition) is 2. The Labute approximate surface area is 85.5 Å². The average molecular weight is 235 g/mol. The van der Waals surface area contributed by atoms with Crippen LogP contribution in [0.2, 0.25) is 0 Å². The first-order chi connectivity index (χ1) is 6.31. The van der Waals surface area contributed by atoms with Crippen LogP contribution in [0.25, 0.3) is 0 Å². The Balaban J connectivity index is 3.11. The SMILES string of the molecule is N#CCc1ccc(C#N)cc1CBr. The first-order valence-corrected chi connectivity index (χ1v) is 4.88. The van der Waals surface area contributed by atoms with E-state index in [0.29, 0.717) is 17.3 Å². The summed E-state index contributed by atoms with van der Waals surface area (Å²) < 4.78 is 0. The molecule has 64 valence electrons. The topological polar surface area (TPSA) is 47.6 Å². The minimum atomic E-state index is 0.395. The van der Waals surface area contributed by atoms with Crippen LogP contribution in [0.5, 0.6) is 0 Å². The second-order valence-electron chi connectivity index (χ2n) is 2.56. The summed E-state index contributed by atoms with van der Waals surface area (Å²) in [6, 6.07) is 9.53. The molecule has 0 N–H and O–H groups in total. The lowest BCUT2D eigenvalue weighted by Crippen LogP contribution is -1.91. The summed E-state index contributed by atoms with van der Waals surface area (Å²) in [4.78, 5) is 0. The highest BCUT2D eigenvalue weighted by molar-refractivity contribution is 9.08. The molecule has 0 atom stereocenters. The van der Waals surface area contributed by atoms with E-state index in [9.17, 15) is 0 Å². The molecule has 0 unspecified atom stereocenters. The van der Waals surface area contributed by atoms with E-state index in [2.05, 4.69) is 28.1 Å². The van der Waals surface area contributed by atoms with Gasteiger partial charge in [-0.15, -0.1) is 0 Å². The van der Waals surface area contributed by atoms with Gasteiger partial charge in [0.05, 0.1) is 24.1 Å². The average Bonchev–Trinajstić information content (AvgIpc) is 2.19. The molecule has 0 aromatic heterocycles. The Morgan fingerprint density at radius 2 is 2.00 bits per heavy atom. The van der Waals surface area contributed by atoms with Crippen LogP contribution in [0.1, 0.15) is 16.7 Å². The molecule has 0 bridgehead atoms. The summed E-state index contributed by atoms with van der Waals surface area (Å²) >= 11 is 3.32. The molecule has 0 aliphatic carbocycles. The van der Waals surface area contributed by atoms with E-state index in [1.807, 2.05) is 6.07 Å². The number of halogens is 1. The molecule has 0 aliphatic rings. The zero-order chi connectivity index (χ0) is 9.68. The molecular formula is C10H7BrN2. The zero-order valence-corrected chi connectivity index (χ0v) is 8.50. The van der Waals surface area contributed by atoms with E-state index >= 15 is 0 Å². The molecule has 0 spiro atoms. The van der Waals surface area contributed by atoms with Gasteiger partial charge < -0.3 is 0 Å². The van der Waals surface area contributed by atoms with Gasteiger partial charge in [-0.05, 0) is 23.3 Å². The normalized spacial score (nSPS) is 8.85. The Morgan fingerprint density at radius 3 is 2.54 bits per heavy atom. The molecule has 0 saturated heterocycles. The monoisotopic (exact) mass is 234 g/mol. The molecule has 0 aliphatic heterocycles. The van der Waals surface area contributed by atoms with Gasteiger partial charge in [0.2, 0.25) is 0 Å².